The number of phenolic OH excluding ortho intramolecular Hbond substituents is 1. The number of benzene rings is 1. The molecule has 1 heterocycles. The summed E-state index contributed by atoms with van der Waals surface area (Å²) < 4.78 is 23.8. The van der Waals surface area contributed by atoms with Crippen molar-refractivity contribution in [2.75, 3.05) is 17.6 Å². The number of carbonyl (C=O) groups excluding carboxylic acids is 1. The highest BCUT2D eigenvalue weighted by molar-refractivity contribution is 7.91. The zero-order chi connectivity index (χ0) is 16.3. The van der Waals surface area contributed by atoms with Crippen molar-refractivity contribution in [3.63, 3.8) is 0 Å². The SMILES string of the molecule is CCS(=O)(=O)c1ccc(O)c(NC(=O)[C@H]2CCN[C@@H](C)C2)c1.Cl. The zero-order valence-electron chi connectivity index (χ0n) is 13.2. The van der Waals surface area contributed by atoms with Crippen LogP contribution in [-0.2, 0) is 14.6 Å². The lowest BCUT2D eigenvalue weighted by Crippen LogP contribution is -2.40. The van der Waals surface area contributed by atoms with E-state index < -0.39 is 9.84 Å². The minimum absolute atomic E-state index is 0. The van der Waals surface area contributed by atoms with Crippen LogP contribution in [-0.4, -0.2) is 37.8 Å². The Bertz CT molecular complexity index is 663. The van der Waals surface area contributed by atoms with E-state index in [2.05, 4.69) is 10.6 Å². The number of carbonyl (C=O) groups is 1. The lowest BCUT2D eigenvalue weighted by molar-refractivity contribution is -0.120. The summed E-state index contributed by atoms with van der Waals surface area (Å²) in [6.07, 6.45) is 1.45. The highest BCUT2D eigenvalue weighted by Crippen LogP contribution is 2.28. The molecule has 0 spiro atoms. The first-order valence-electron chi connectivity index (χ1n) is 7.43. The van der Waals surface area contributed by atoms with Gasteiger partial charge in [0.25, 0.3) is 0 Å². The predicted molar refractivity (Wildman–Crippen MR) is 91.9 cm³/mol. The van der Waals surface area contributed by atoms with Gasteiger partial charge in [-0.2, -0.15) is 0 Å². The van der Waals surface area contributed by atoms with Gasteiger partial charge in [0.2, 0.25) is 5.91 Å². The quantitative estimate of drug-likeness (QED) is 0.711. The summed E-state index contributed by atoms with van der Waals surface area (Å²) in [7, 11) is -3.38. The Labute approximate surface area is 143 Å². The van der Waals surface area contributed by atoms with Gasteiger partial charge in [-0.15, -0.1) is 12.4 Å². The number of amides is 1. The fourth-order valence-corrected chi connectivity index (χ4v) is 3.49. The highest BCUT2D eigenvalue weighted by atomic mass is 35.5. The maximum atomic E-state index is 12.3. The van der Waals surface area contributed by atoms with Gasteiger partial charge in [-0.3, -0.25) is 4.79 Å². The van der Waals surface area contributed by atoms with Gasteiger partial charge in [0, 0.05) is 12.0 Å². The first kappa shape index (κ1) is 19.7. The summed E-state index contributed by atoms with van der Waals surface area (Å²) in [4.78, 5) is 12.4. The van der Waals surface area contributed by atoms with Crippen LogP contribution in [0.15, 0.2) is 23.1 Å². The van der Waals surface area contributed by atoms with Crippen molar-refractivity contribution in [1.82, 2.24) is 5.32 Å². The molecule has 0 bridgehead atoms. The Morgan fingerprint density at radius 2 is 2.13 bits per heavy atom. The van der Waals surface area contributed by atoms with Gasteiger partial charge < -0.3 is 15.7 Å². The first-order valence-corrected chi connectivity index (χ1v) is 9.08. The minimum atomic E-state index is -3.38. The number of anilines is 1. The van der Waals surface area contributed by atoms with Gasteiger partial charge in [-0.1, -0.05) is 6.92 Å². The molecule has 1 aromatic rings. The Morgan fingerprint density at radius 3 is 2.74 bits per heavy atom. The molecule has 0 aliphatic carbocycles. The molecular formula is C15H23ClN2O4S. The molecular weight excluding hydrogens is 340 g/mol. The van der Waals surface area contributed by atoms with E-state index in [9.17, 15) is 18.3 Å². The number of hydrogen-bond donors (Lipinski definition) is 3. The Balaban J connectivity index is 0.00000264. The molecule has 23 heavy (non-hydrogen) atoms. The van der Waals surface area contributed by atoms with Crippen LogP contribution in [0.5, 0.6) is 5.75 Å². The average molecular weight is 363 g/mol. The lowest BCUT2D eigenvalue weighted by atomic mass is 9.92. The fourth-order valence-electron chi connectivity index (χ4n) is 2.58. The summed E-state index contributed by atoms with van der Waals surface area (Å²) in [5, 5.41) is 15.8. The minimum Gasteiger partial charge on any atom is -0.506 e. The number of piperidine rings is 1. The van der Waals surface area contributed by atoms with Crippen LogP contribution in [0.4, 0.5) is 5.69 Å². The van der Waals surface area contributed by atoms with Gasteiger partial charge in [0.15, 0.2) is 9.84 Å². The number of hydrogen-bond acceptors (Lipinski definition) is 5. The van der Waals surface area contributed by atoms with E-state index in [1.807, 2.05) is 6.92 Å². The second-order valence-corrected chi connectivity index (χ2v) is 7.93. The summed E-state index contributed by atoms with van der Waals surface area (Å²) in [5.74, 6) is -0.487. The van der Waals surface area contributed by atoms with Crippen molar-refractivity contribution >= 4 is 33.8 Å². The molecule has 1 aromatic carbocycles. The van der Waals surface area contributed by atoms with Gasteiger partial charge in [0.1, 0.15) is 5.75 Å². The van der Waals surface area contributed by atoms with Gasteiger partial charge in [-0.05, 0) is 44.5 Å². The maximum absolute atomic E-state index is 12.3. The van der Waals surface area contributed by atoms with E-state index >= 15 is 0 Å². The Morgan fingerprint density at radius 1 is 1.43 bits per heavy atom. The van der Waals surface area contributed by atoms with Crippen molar-refractivity contribution in [2.24, 2.45) is 5.92 Å². The molecule has 0 radical (unpaired) electrons. The highest BCUT2D eigenvalue weighted by Gasteiger charge is 2.25. The largest absolute Gasteiger partial charge is 0.506 e. The molecule has 0 unspecified atom stereocenters. The third-order valence-electron chi connectivity index (χ3n) is 3.96. The van der Waals surface area contributed by atoms with E-state index in [1.165, 1.54) is 18.2 Å². The average Bonchev–Trinajstić information content (AvgIpc) is 2.49. The molecule has 1 amide bonds. The summed E-state index contributed by atoms with van der Waals surface area (Å²) >= 11 is 0. The van der Waals surface area contributed by atoms with Gasteiger partial charge in [0.05, 0.1) is 16.3 Å². The van der Waals surface area contributed by atoms with Crippen molar-refractivity contribution in [3.05, 3.63) is 18.2 Å². The smallest absolute Gasteiger partial charge is 0.227 e. The van der Waals surface area contributed by atoms with Crippen LogP contribution in [0.25, 0.3) is 0 Å². The van der Waals surface area contributed by atoms with Crippen molar-refractivity contribution in [3.8, 4) is 5.75 Å². The summed E-state index contributed by atoms with van der Waals surface area (Å²) in [6.45, 7) is 4.34. The van der Waals surface area contributed by atoms with E-state index in [1.54, 1.807) is 6.92 Å². The van der Waals surface area contributed by atoms with Crippen molar-refractivity contribution in [2.45, 2.75) is 37.6 Å². The number of halogens is 1. The monoisotopic (exact) mass is 362 g/mol. The Kier molecular flexibility index (Phi) is 6.85. The van der Waals surface area contributed by atoms with Gasteiger partial charge in [-0.25, -0.2) is 8.42 Å². The number of rotatable bonds is 4. The molecule has 0 saturated carbocycles. The molecule has 0 aromatic heterocycles. The second-order valence-electron chi connectivity index (χ2n) is 5.65. The number of phenols is 1. The molecule has 130 valence electrons. The Hall–Kier alpha value is -1.31. The van der Waals surface area contributed by atoms with Gasteiger partial charge >= 0.3 is 0 Å². The lowest BCUT2D eigenvalue weighted by Gasteiger charge is -2.27. The topological polar surface area (TPSA) is 95.5 Å². The second kappa shape index (κ2) is 7.99. The van der Waals surface area contributed by atoms with Crippen LogP contribution in [0.1, 0.15) is 26.7 Å². The molecule has 6 nitrogen and oxygen atoms in total. The molecule has 1 aliphatic heterocycles. The molecule has 1 fully saturated rings. The van der Waals surface area contributed by atoms with Crippen LogP contribution in [0.3, 0.4) is 0 Å². The molecule has 1 saturated heterocycles. The third kappa shape index (κ3) is 4.83. The first-order chi connectivity index (χ1) is 10.3. The molecule has 2 rings (SSSR count). The molecule has 3 N–H and O–H groups in total. The van der Waals surface area contributed by atoms with Crippen LogP contribution < -0.4 is 10.6 Å². The van der Waals surface area contributed by atoms with Crippen molar-refractivity contribution in [1.29, 1.82) is 0 Å². The van der Waals surface area contributed by atoms with E-state index in [0.29, 0.717) is 0 Å². The molecule has 1 aliphatic rings. The zero-order valence-corrected chi connectivity index (χ0v) is 14.8. The fraction of sp³-hybridized carbons (Fsp3) is 0.533. The van der Waals surface area contributed by atoms with E-state index in [-0.39, 0.29) is 52.4 Å². The molecule has 8 heteroatoms. The third-order valence-corrected chi connectivity index (χ3v) is 5.69. The number of sulfone groups is 1. The predicted octanol–water partition coefficient (Wildman–Crippen LogP) is 1.93. The van der Waals surface area contributed by atoms with Crippen LogP contribution in [0, 0.1) is 5.92 Å². The maximum Gasteiger partial charge on any atom is 0.227 e. The van der Waals surface area contributed by atoms with E-state index in [0.717, 1.165) is 19.4 Å². The van der Waals surface area contributed by atoms with Crippen molar-refractivity contribution < 1.29 is 18.3 Å². The number of nitrogens with one attached hydrogen (secondary N) is 2. The number of aromatic hydroxyl groups is 1. The normalized spacial score (nSPS) is 21.3. The summed E-state index contributed by atoms with van der Waals surface area (Å²) in [5.41, 5.74) is 0.144. The standard InChI is InChI=1S/C15H22N2O4S.ClH/c1-3-22(20,21)12-4-5-14(18)13(9-12)17-15(19)11-6-7-16-10(2)8-11;/h4-5,9-11,16,18H,3,6-8H2,1-2H3,(H,17,19);1H/t10-,11-;/m0./s1. The van der Waals surface area contributed by atoms with Crippen LogP contribution >= 0.6 is 12.4 Å². The van der Waals surface area contributed by atoms with Crippen LogP contribution in [0.2, 0.25) is 0 Å². The summed E-state index contributed by atoms with van der Waals surface area (Å²) in [6, 6.07) is 4.22. The van der Waals surface area contributed by atoms with E-state index in [4.69, 9.17) is 0 Å². The molecule has 2 atom stereocenters.